The van der Waals surface area contributed by atoms with Crippen LogP contribution >= 0.6 is 0 Å². The number of hydrogen-bond donors (Lipinski definition) is 1. The Kier molecular flexibility index (Phi) is 4.32. The average Bonchev–Trinajstić information content (AvgIpc) is 2.49. The maximum absolute atomic E-state index is 12.3. The molecule has 2 aromatic rings. The topological polar surface area (TPSA) is 98.5 Å². The molecule has 0 aliphatic rings. The van der Waals surface area contributed by atoms with Gasteiger partial charge in [-0.05, 0) is 36.8 Å². The van der Waals surface area contributed by atoms with Crippen molar-refractivity contribution in [2.75, 3.05) is 11.8 Å². The molecule has 0 unspecified atom stereocenters. The van der Waals surface area contributed by atoms with E-state index in [-0.39, 0.29) is 10.6 Å². The van der Waals surface area contributed by atoms with Crippen molar-refractivity contribution in [2.24, 2.45) is 0 Å². The van der Waals surface area contributed by atoms with Crippen LogP contribution in [0.5, 0.6) is 5.75 Å². The van der Waals surface area contributed by atoms with E-state index in [1.54, 1.807) is 18.2 Å². The first-order valence-electron chi connectivity index (χ1n) is 6.25. The third-order valence-electron chi connectivity index (χ3n) is 2.96. The van der Waals surface area contributed by atoms with Gasteiger partial charge in [0.15, 0.2) is 0 Å². The molecule has 0 bridgehead atoms. The fourth-order valence-electron chi connectivity index (χ4n) is 1.83. The Bertz CT molecular complexity index is 800. The standard InChI is InChI=1S/C14H14N2O5S/c1-10-3-8-13(14(9-10)21-2)15-22(19,20)12-6-4-11(5-7-12)16(17)18/h3-9,15H,1-2H3. The Morgan fingerprint density at radius 3 is 2.32 bits per heavy atom. The highest BCUT2D eigenvalue weighted by molar-refractivity contribution is 7.92. The van der Waals surface area contributed by atoms with Crippen molar-refractivity contribution in [3.8, 4) is 5.75 Å². The Hall–Kier alpha value is -2.61. The highest BCUT2D eigenvalue weighted by Gasteiger charge is 2.17. The number of methoxy groups -OCH3 is 1. The quantitative estimate of drug-likeness (QED) is 0.674. The third kappa shape index (κ3) is 3.34. The van der Waals surface area contributed by atoms with Crippen LogP contribution in [0.2, 0.25) is 0 Å². The maximum atomic E-state index is 12.3. The first-order valence-corrected chi connectivity index (χ1v) is 7.74. The number of nitrogens with one attached hydrogen (secondary N) is 1. The van der Waals surface area contributed by atoms with Crippen molar-refractivity contribution < 1.29 is 18.1 Å². The van der Waals surface area contributed by atoms with Gasteiger partial charge in [0.2, 0.25) is 0 Å². The van der Waals surface area contributed by atoms with Gasteiger partial charge in [0.25, 0.3) is 15.7 Å². The molecule has 0 saturated heterocycles. The fourth-order valence-corrected chi connectivity index (χ4v) is 2.90. The van der Waals surface area contributed by atoms with Crippen molar-refractivity contribution in [3.63, 3.8) is 0 Å². The second-order valence-corrected chi connectivity index (χ2v) is 6.24. The summed E-state index contributed by atoms with van der Waals surface area (Å²) in [4.78, 5) is 9.93. The normalized spacial score (nSPS) is 11.0. The van der Waals surface area contributed by atoms with E-state index < -0.39 is 14.9 Å². The Labute approximate surface area is 127 Å². The number of non-ortho nitro benzene ring substituents is 1. The van der Waals surface area contributed by atoms with Crippen LogP contribution in [0.1, 0.15) is 5.56 Å². The zero-order valence-electron chi connectivity index (χ0n) is 11.9. The number of sulfonamides is 1. The molecule has 0 radical (unpaired) electrons. The van der Waals surface area contributed by atoms with Gasteiger partial charge in [-0.25, -0.2) is 8.42 Å². The second-order valence-electron chi connectivity index (χ2n) is 4.56. The summed E-state index contributed by atoms with van der Waals surface area (Å²) in [5, 5.41) is 10.6. The molecule has 0 aliphatic heterocycles. The number of hydrogen-bond acceptors (Lipinski definition) is 5. The second kappa shape index (κ2) is 6.02. The van der Waals surface area contributed by atoms with Crippen molar-refractivity contribution >= 4 is 21.4 Å². The van der Waals surface area contributed by atoms with Gasteiger partial charge in [-0.15, -0.1) is 0 Å². The van der Waals surface area contributed by atoms with Crippen LogP contribution in [0.4, 0.5) is 11.4 Å². The number of rotatable bonds is 5. The van der Waals surface area contributed by atoms with E-state index in [0.717, 1.165) is 17.7 Å². The van der Waals surface area contributed by atoms with E-state index >= 15 is 0 Å². The summed E-state index contributed by atoms with van der Waals surface area (Å²) in [7, 11) is -2.41. The summed E-state index contributed by atoms with van der Waals surface area (Å²) >= 11 is 0. The van der Waals surface area contributed by atoms with Gasteiger partial charge in [-0.3, -0.25) is 14.8 Å². The predicted octanol–water partition coefficient (Wildman–Crippen LogP) is 2.71. The molecule has 8 heteroatoms. The molecule has 0 saturated carbocycles. The molecule has 2 rings (SSSR count). The average molecular weight is 322 g/mol. The van der Waals surface area contributed by atoms with E-state index in [1.165, 1.54) is 19.2 Å². The largest absolute Gasteiger partial charge is 0.495 e. The van der Waals surface area contributed by atoms with Gasteiger partial charge in [-0.2, -0.15) is 0 Å². The van der Waals surface area contributed by atoms with Crippen LogP contribution in [0.15, 0.2) is 47.4 Å². The van der Waals surface area contributed by atoms with Crippen LogP contribution in [0.25, 0.3) is 0 Å². The van der Waals surface area contributed by atoms with Gasteiger partial charge in [0.1, 0.15) is 5.75 Å². The minimum absolute atomic E-state index is 0.0688. The SMILES string of the molecule is COc1cc(C)ccc1NS(=O)(=O)c1ccc([N+](=O)[O-])cc1. The molecule has 1 N–H and O–H groups in total. The number of ether oxygens (including phenoxy) is 1. The van der Waals surface area contributed by atoms with E-state index in [1.807, 2.05) is 6.92 Å². The number of anilines is 1. The number of nitrogens with zero attached hydrogens (tertiary/aromatic N) is 1. The number of benzene rings is 2. The van der Waals surface area contributed by atoms with E-state index in [2.05, 4.69) is 4.72 Å². The number of aryl methyl sites for hydroxylation is 1. The lowest BCUT2D eigenvalue weighted by atomic mass is 10.2. The fraction of sp³-hybridized carbons (Fsp3) is 0.143. The highest BCUT2D eigenvalue weighted by Crippen LogP contribution is 2.28. The number of nitro groups is 1. The van der Waals surface area contributed by atoms with Crippen LogP contribution in [0.3, 0.4) is 0 Å². The first kappa shape index (κ1) is 15.8. The Morgan fingerprint density at radius 2 is 1.77 bits per heavy atom. The van der Waals surface area contributed by atoms with E-state index in [4.69, 9.17) is 4.74 Å². The summed E-state index contributed by atoms with van der Waals surface area (Å²) < 4.78 is 32.1. The highest BCUT2D eigenvalue weighted by atomic mass is 32.2. The van der Waals surface area contributed by atoms with Crippen LogP contribution in [-0.2, 0) is 10.0 Å². The van der Waals surface area contributed by atoms with Crippen LogP contribution in [-0.4, -0.2) is 20.5 Å². The molecule has 22 heavy (non-hydrogen) atoms. The zero-order chi connectivity index (χ0) is 16.3. The predicted molar refractivity (Wildman–Crippen MR) is 81.6 cm³/mol. The van der Waals surface area contributed by atoms with Crippen LogP contribution in [0, 0.1) is 17.0 Å². The zero-order valence-corrected chi connectivity index (χ0v) is 12.8. The molecule has 0 aliphatic carbocycles. The summed E-state index contributed by atoms with van der Waals surface area (Å²) in [5.74, 6) is 0.394. The summed E-state index contributed by atoms with van der Waals surface area (Å²) in [6, 6.07) is 9.69. The summed E-state index contributed by atoms with van der Waals surface area (Å²) in [6.07, 6.45) is 0. The molecule has 2 aromatic carbocycles. The Morgan fingerprint density at radius 1 is 1.14 bits per heavy atom. The lowest BCUT2D eigenvalue weighted by Crippen LogP contribution is -2.13. The van der Waals surface area contributed by atoms with Crippen molar-refractivity contribution in [1.82, 2.24) is 0 Å². The van der Waals surface area contributed by atoms with E-state index in [9.17, 15) is 18.5 Å². The van der Waals surface area contributed by atoms with Gasteiger partial charge in [-0.1, -0.05) is 6.07 Å². The summed E-state index contributed by atoms with van der Waals surface area (Å²) in [5.41, 5.74) is 1.05. The minimum atomic E-state index is -3.85. The molecule has 0 aromatic heterocycles. The summed E-state index contributed by atoms with van der Waals surface area (Å²) in [6.45, 7) is 1.86. The number of nitro benzene ring substituents is 1. The molecular formula is C14H14N2O5S. The van der Waals surface area contributed by atoms with Crippen molar-refractivity contribution in [3.05, 3.63) is 58.1 Å². The molecule has 0 heterocycles. The lowest BCUT2D eigenvalue weighted by Gasteiger charge is -2.12. The Balaban J connectivity index is 2.33. The molecule has 0 fully saturated rings. The minimum Gasteiger partial charge on any atom is -0.495 e. The third-order valence-corrected chi connectivity index (χ3v) is 4.34. The molecule has 116 valence electrons. The van der Waals surface area contributed by atoms with Gasteiger partial charge in [0.05, 0.1) is 22.6 Å². The monoisotopic (exact) mass is 322 g/mol. The van der Waals surface area contributed by atoms with Crippen molar-refractivity contribution in [1.29, 1.82) is 0 Å². The van der Waals surface area contributed by atoms with Crippen LogP contribution < -0.4 is 9.46 Å². The lowest BCUT2D eigenvalue weighted by molar-refractivity contribution is -0.384. The first-order chi connectivity index (χ1) is 10.3. The van der Waals surface area contributed by atoms with Gasteiger partial charge in [0, 0.05) is 12.1 Å². The van der Waals surface area contributed by atoms with Gasteiger partial charge >= 0.3 is 0 Å². The van der Waals surface area contributed by atoms with E-state index in [0.29, 0.717) is 11.4 Å². The van der Waals surface area contributed by atoms with Crippen molar-refractivity contribution in [2.45, 2.75) is 11.8 Å². The molecular weight excluding hydrogens is 308 g/mol. The smallest absolute Gasteiger partial charge is 0.269 e. The van der Waals surface area contributed by atoms with Gasteiger partial charge < -0.3 is 4.74 Å². The molecule has 0 atom stereocenters. The molecule has 7 nitrogen and oxygen atoms in total. The maximum Gasteiger partial charge on any atom is 0.269 e. The molecule has 0 spiro atoms. The molecule has 0 amide bonds.